The number of halogens is 1. The van der Waals surface area contributed by atoms with Gasteiger partial charge in [-0.05, 0) is 59.2 Å². The lowest BCUT2D eigenvalue weighted by molar-refractivity contribution is 0.535. The third-order valence-electron chi connectivity index (χ3n) is 3.12. The Kier molecular flexibility index (Phi) is 5.61. The minimum atomic E-state index is 0.399. The molecule has 0 saturated heterocycles. The highest BCUT2D eigenvalue weighted by Crippen LogP contribution is 2.31. The molecule has 1 N–H and O–H groups in total. The van der Waals surface area contributed by atoms with Gasteiger partial charge < -0.3 is 5.32 Å². The number of hydrogen-bond donors (Lipinski definition) is 1. The Hall–Kier alpha value is -0.640. The Morgan fingerprint density at radius 1 is 1.32 bits per heavy atom. The van der Waals surface area contributed by atoms with E-state index in [9.17, 15) is 0 Å². The van der Waals surface area contributed by atoms with Gasteiger partial charge in [-0.15, -0.1) is 11.3 Å². The summed E-state index contributed by atoms with van der Waals surface area (Å²) in [4.78, 5) is 1.40. The number of benzene rings is 1. The smallest absolute Gasteiger partial charge is 0.0467 e. The van der Waals surface area contributed by atoms with Gasteiger partial charge in [0.2, 0.25) is 0 Å². The molecule has 1 heterocycles. The van der Waals surface area contributed by atoms with Crippen LogP contribution in [0, 0.1) is 6.92 Å². The van der Waals surface area contributed by atoms with Crippen molar-refractivity contribution in [3.05, 3.63) is 56.2 Å². The van der Waals surface area contributed by atoms with Crippen LogP contribution in [-0.4, -0.2) is 6.54 Å². The fourth-order valence-electron chi connectivity index (χ4n) is 2.21. The molecule has 1 aromatic carbocycles. The zero-order chi connectivity index (χ0) is 13.7. The summed E-state index contributed by atoms with van der Waals surface area (Å²) < 4.78 is 1.22. The Balaban J connectivity index is 2.16. The Bertz CT molecular complexity index is 521. The molecule has 1 aromatic heterocycles. The second-order valence-electron chi connectivity index (χ2n) is 4.83. The Labute approximate surface area is 128 Å². The fourth-order valence-corrected chi connectivity index (χ4v) is 3.93. The average molecular weight is 338 g/mol. The van der Waals surface area contributed by atoms with Crippen LogP contribution < -0.4 is 5.32 Å². The van der Waals surface area contributed by atoms with Crippen LogP contribution in [0.4, 0.5) is 0 Å². The van der Waals surface area contributed by atoms with E-state index in [-0.39, 0.29) is 0 Å². The predicted octanol–water partition coefficient (Wildman–Crippen LogP) is 5.10. The third-order valence-corrected chi connectivity index (χ3v) is 5.11. The first-order valence-corrected chi connectivity index (χ1v) is 8.39. The summed E-state index contributed by atoms with van der Waals surface area (Å²) in [6.07, 6.45) is 2.20. The number of nitrogens with one attached hydrogen (secondary N) is 1. The van der Waals surface area contributed by atoms with Gasteiger partial charge in [-0.3, -0.25) is 0 Å². The molecule has 19 heavy (non-hydrogen) atoms. The summed E-state index contributed by atoms with van der Waals surface area (Å²) >= 11 is 5.48. The van der Waals surface area contributed by atoms with E-state index in [0.717, 1.165) is 19.4 Å². The molecule has 1 nitrogen and oxygen atoms in total. The summed E-state index contributed by atoms with van der Waals surface area (Å²) in [5, 5.41) is 5.81. The largest absolute Gasteiger partial charge is 0.309 e. The van der Waals surface area contributed by atoms with Crippen molar-refractivity contribution in [1.29, 1.82) is 0 Å². The van der Waals surface area contributed by atoms with Crippen LogP contribution in [0.5, 0.6) is 0 Å². The molecular weight excluding hydrogens is 318 g/mol. The molecule has 0 aliphatic heterocycles. The summed E-state index contributed by atoms with van der Waals surface area (Å²) in [5.41, 5.74) is 2.73. The highest BCUT2D eigenvalue weighted by atomic mass is 79.9. The second kappa shape index (κ2) is 7.22. The summed E-state index contributed by atoms with van der Waals surface area (Å²) in [7, 11) is 0. The molecule has 0 bridgehead atoms. The molecule has 2 rings (SSSR count). The molecule has 0 radical (unpaired) electrons. The van der Waals surface area contributed by atoms with Crippen LogP contribution in [0.1, 0.15) is 35.4 Å². The van der Waals surface area contributed by atoms with E-state index in [1.807, 2.05) is 11.3 Å². The first-order valence-electron chi connectivity index (χ1n) is 6.72. The lowest BCUT2D eigenvalue weighted by Crippen LogP contribution is -2.23. The topological polar surface area (TPSA) is 12.0 Å². The molecule has 1 unspecified atom stereocenters. The molecule has 0 aliphatic carbocycles. The maximum absolute atomic E-state index is 3.66. The van der Waals surface area contributed by atoms with Crippen molar-refractivity contribution in [2.75, 3.05) is 6.54 Å². The maximum atomic E-state index is 3.66. The summed E-state index contributed by atoms with van der Waals surface area (Å²) in [6.45, 7) is 5.42. The van der Waals surface area contributed by atoms with E-state index in [1.54, 1.807) is 0 Å². The van der Waals surface area contributed by atoms with Crippen LogP contribution in [-0.2, 0) is 6.42 Å². The average Bonchev–Trinajstić information content (AvgIpc) is 2.81. The minimum Gasteiger partial charge on any atom is -0.309 e. The monoisotopic (exact) mass is 337 g/mol. The van der Waals surface area contributed by atoms with E-state index < -0.39 is 0 Å². The van der Waals surface area contributed by atoms with Crippen molar-refractivity contribution in [3.63, 3.8) is 0 Å². The van der Waals surface area contributed by atoms with Gasteiger partial charge in [0.1, 0.15) is 0 Å². The van der Waals surface area contributed by atoms with Gasteiger partial charge in [0.05, 0.1) is 0 Å². The van der Waals surface area contributed by atoms with Crippen molar-refractivity contribution in [3.8, 4) is 0 Å². The molecule has 0 saturated carbocycles. The van der Waals surface area contributed by atoms with Crippen LogP contribution in [0.2, 0.25) is 0 Å². The fraction of sp³-hybridized carbons (Fsp3) is 0.375. The third kappa shape index (κ3) is 4.16. The van der Waals surface area contributed by atoms with E-state index in [4.69, 9.17) is 0 Å². The lowest BCUT2D eigenvalue weighted by atomic mass is 10.0. The normalized spacial score (nSPS) is 12.6. The first kappa shape index (κ1) is 14.8. The lowest BCUT2D eigenvalue weighted by Gasteiger charge is -2.18. The van der Waals surface area contributed by atoms with Crippen molar-refractivity contribution >= 4 is 27.3 Å². The number of aryl methyl sites for hydroxylation is 1. The van der Waals surface area contributed by atoms with Crippen molar-refractivity contribution in [1.82, 2.24) is 5.32 Å². The van der Waals surface area contributed by atoms with Crippen molar-refractivity contribution < 1.29 is 0 Å². The standard InChI is InChI=1S/C16H20BrNS/c1-3-8-18-15(16-14(17)7-9-19-16)11-13-6-4-5-12(2)10-13/h4-7,9-10,15,18H,3,8,11H2,1-2H3. The molecule has 0 spiro atoms. The van der Waals surface area contributed by atoms with Crippen LogP contribution in [0.3, 0.4) is 0 Å². The van der Waals surface area contributed by atoms with Gasteiger partial charge in [-0.1, -0.05) is 36.8 Å². The van der Waals surface area contributed by atoms with Gasteiger partial charge in [0.15, 0.2) is 0 Å². The van der Waals surface area contributed by atoms with Crippen molar-refractivity contribution in [2.24, 2.45) is 0 Å². The molecule has 0 amide bonds. The van der Waals surface area contributed by atoms with Gasteiger partial charge in [0, 0.05) is 15.4 Å². The molecular formula is C16H20BrNS. The van der Waals surface area contributed by atoms with E-state index in [0.29, 0.717) is 6.04 Å². The molecule has 1 atom stereocenters. The first-order chi connectivity index (χ1) is 9.20. The van der Waals surface area contributed by atoms with Gasteiger partial charge >= 0.3 is 0 Å². The minimum absolute atomic E-state index is 0.399. The van der Waals surface area contributed by atoms with Gasteiger partial charge in [-0.25, -0.2) is 0 Å². The van der Waals surface area contributed by atoms with E-state index in [2.05, 4.69) is 70.8 Å². The number of rotatable bonds is 6. The molecule has 0 fully saturated rings. The highest BCUT2D eigenvalue weighted by Gasteiger charge is 2.15. The Morgan fingerprint density at radius 2 is 2.16 bits per heavy atom. The molecule has 2 aromatic rings. The number of hydrogen-bond acceptors (Lipinski definition) is 2. The van der Waals surface area contributed by atoms with E-state index in [1.165, 1.54) is 20.5 Å². The number of thiophene rings is 1. The predicted molar refractivity (Wildman–Crippen MR) is 87.9 cm³/mol. The quantitative estimate of drug-likeness (QED) is 0.772. The van der Waals surface area contributed by atoms with Gasteiger partial charge in [0.25, 0.3) is 0 Å². The molecule has 102 valence electrons. The highest BCUT2D eigenvalue weighted by molar-refractivity contribution is 9.10. The zero-order valence-electron chi connectivity index (χ0n) is 11.4. The zero-order valence-corrected chi connectivity index (χ0v) is 13.9. The van der Waals surface area contributed by atoms with Crippen LogP contribution in [0.15, 0.2) is 40.2 Å². The summed E-state index contributed by atoms with van der Waals surface area (Å²) in [5.74, 6) is 0. The summed E-state index contributed by atoms with van der Waals surface area (Å²) in [6, 6.07) is 11.3. The SMILES string of the molecule is CCCNC(Cc1cccc(C)c1)c1sccc1Br. The van der Waals surface area contributed by atoms with Gasteiger partial charge in [-0.2, -0.15) is 0 Å². The maximum Gasteiger partial charge on any atom is 0.0467 e. The van der Waals surface area contributed by atoms with E-state index >= 15 is 0 Å². The molecule has 3 heteroatoms. The molecule has 0 aliphatic rings. The van der Waals surface area contributed by atoms with Crippen molar-refractivity contribution in [2.45, 2.75) is 32.7 Å². The van der Waals surface area contributed by atoms with Crippen LogP contribution in [0.25, 0.3) is 0 Å². The second-order valence-corrected chi connectivity index (χ2v) is 6.63. The Morgan fingerprint density at radius 3 is 2.79 bits per heavy atom. The van der Waals surface area contributed by atoms with Crippen LogP contribution >= 0.6 is 27.3 Å².